The molecule has 0 atom stereocenters. The molecular weight excluding hydrogens is 253 g/mol. The Morgan fingerprint density at radius 3 is 2.20 bits per heavy atom. The second-order valence-electron chi connectivity index (χ2n) is 6.20. The molecule has 1 saturated heterocycles. The van der Waals surface area contributed by atoms with Crippen LogP contribution in [0.1, 0.15) is 43.6 Å². The van der Waals surface area contributed by atoms with Crippen LogP contribution in [0.2, 0.25) is 0 Å². The fraction of sp³-hybridized carbons (Fsp3) is 0.533. The summed E-state index contributed by atoms with van der Waals surface area (Å²) in [7, 11) is 1.10. The lowest BCUT2D eigenvalue weighted by Crippen LogP contribution is -2.41. The van der Waals surface area contributed by atoms with E-state index in [-0.39, 0.29) is 5.91 Å². The molecule has 0 radical (unpaired) electrons. The van der Waals surface area contributed by atoms with E-state index in [9.17, 15) is 4.79 Å². The number of amides is 1. The summed E-state index contributed by atoms with van der Waals surface area (Å²) in [5.74, 6) is -0.126. The Kier molecular flexibility index (Phi) is 3.69. The standard InChI is InChI=1S/C15H22BNO3/c1-10-8-7-9-11(13(18)17-6)12(10)16-19-14(2,3)15(4,5)20-16/h7-9H,1-6H3,(H,17,18). The second kappa shape index (κ2) is 4.90. The number of hydrogen-bond donors (Lipinski definition) is 1. The molecule has 1 N–H and O–H groups in total. The number of benzene rings is 1. The number of nitrogens with one attached hydrogen (secondary N) is 1. The SMILES string of the molecule is CNC(=O)c1cccc(C)c1B1OC(C)(C)C(C)(C)O1. The molecule has 0 saturated carbocycles. The van der Waals surface area contributed by atoms with Crippen molar-refractivity contribution < 1.29 is 14.1 Å². The van der Waals surface area contributed by atoms with Gasteiger partial charge in [-0.25, -0.2) is 0 Å². The van der Waals surface area contributed by atoms with E-state index in [2.05, 4.69) is 5.32 Å². The minimum absolute atomic E-state index is 0.126. The molecule has 108 valence electrons. The first-order valence-corrected chi connectivity index (χ1v) is 6.87. The lowest BCUT2D eigenvalue weighted by Gasteiger charge is -2.32. The van der Waals surface area contributed by atoms with Gasteiger partial charge in [-0.3, -0.25) is 4.79 Å². The van der Waals surface area contributed by atoms with Gasteiger partial charge in [0.05, 0.1) is 11.2 Å². The number of rotatable bonds is 2. The lowest BCUT2D eigenvalue weighted by atomic mass is 9.73. The van der Waals surface area contributed by atoms with Crippen molar-refractivity contribution in [1.82, 2.24) is 5.32 Å². The van der Waals surface area contributed by atoms with Crippen molar-refractivity contribution in [2.45, 2.75) is 45.8 Å². The van der Waals surface area contributed by atoms with E-state index >= 15 is 0 Å². The second-order valence-corrected chi connectivity index (χ2v) is 6.20. The van der Waals surface area contributed by atoms with Crippen LogP contribution in [0.4, 0.5) is 0 Å². The molecule has 0 bridgehead atoms. The van der Waals surface area contributed by atoms with E-state index in [1.807, 2.05) is 46.8 Å². The molecule has 5 heteroatoms. The molecule has 0 aliphatic carbocycles. The van der Waals surface area contributed by atoms with Crippen LogP contribution >= 0.6 is 0 Å². The monoisotopic (exact) mass is 275 g/mol. The number of carbonyl (C=O) groups is 1. The summed E-state index contributed by atoms with van der Waals surface area (Å²) < 4.78 is 12.1. The molecule has 1 amide bonds. The van der Waals surface area contributed by atoms with Gasteiger partial charge in [-0.05, 0) is 46.1 Å². The Bertz CT molecular complexity index is 524. The third-order valence-electron chi connectivity index (χ3n) is 4.28. The maximum atomic E-state index is 12.0. The minimum atomic E-state index is -0.520. The maximum absolute atomic E-state index is 12.0. The van der Waals surface area contributed by atoms with Crippen LogP contribution < -0.4 is 10.8 Å². The smallest absolute Gasteiger partial charge is 0.399 e. The summed E-state index contributed by atoms with van der Waals surface area (Å²) in [5.41, 5.74) is 1.57. The van der Waals surface area contributed by atoms with Crippen LogP contribution in [0.5, 0.6) is 0 Å². The molecule has 0 aromatic heterocycles. The van der Waals surface area contributed by atoms with Crippen LogP contribution in [0, 0.1) is 6.92 Å². The van der Waals surface area contributed by atoms with E-state index in [1.54, 1.807) is 13.1 Å². The topological polar surface area (TPSA) is 47.6 Å². The number of carbonyl (C=O) groups excluding carboxylic acids is 1. The highest BCUT2D eigenvalue weighted by atomic mass is 16.7. The van der Waals surface area contributed by atoms with Crippen molar-refractivity contribution in [2.24, 2.45) is 0 Å². The van der Waals surface area contributed by atoms with Gasteiger partial charge in [0.25, 0.3) is 5.91 Å². The van der Waals surface area contributed by atoms with E-state index in [0.29, 0.717) is 5.56 Å². The first kappa shape index (κ1) is 15.1. The Hall–Kier alpha value is -1.33. The number of hydrogen-bond acceptors (Lipinski definition) is 3. The van der Waals surface area contributed by atoms with E-state index in [4.69, 9.17) is 9.31 Å². The van der Waals surface area contributed by atoms with Gasteiger partial charge in [0.15, 0.2) is 0 Å². The zero-order chi connectivity index (χ0) is 15.1. The third kappa shape index (κ3) is 2.36. The molecular formula is C15H22BNO3. The molecule has 4 nitrogen and oxygen atoms in total. The van der Waals surface area contributed by atoms with Gasteiger partial charge >= 0.3 is 7.12 Å². The van der Waals surface area contributed by atoms with E-state index < -0.39 is 18.3 Å². The van der Waals surface area contributed by atoms with Gasteiger partial charge in [0, 0.05) is 12.6 Å². The molecule has 1 aromatic carbocycles. The van der Waals surface area contributed by atoms with Crippen molar-refractivity contribution in [3.63, 3.8) is 0 Å². The lowest BCUT2D eigenvalue weighted by molar-refractivity contribution is 0.00578. The zero-order valence-corrected chi connectivity index (χ0v) is 13.0. The Morgan fingerprint density at radius 1 is 1.15 bits per heavy atom. The summed E-state index contributed by atoms with van der Waals surface area (Å²) >= 11 is 0. The third-order valence-corrected chi connectivity index (χ3v) is 4.28. The Morgan fingerprint density at radius 2 is 1.70 bits per heavy atom. The first-order chi connectivity index (χ1) is 9.19. The van der Waals surface area contributed by atoms with Crippen molar-refractivity contribution in [3.05, 3.63) is 29.3 Å². The van der Waals surface area contributed by atoms with E-state index in [1.165, 1.54) is 0 Å². The largest absolute Gasteiger partial charge is 0.495 e. The molecule has 2 rings (SSSR count). The molecule has 20 heavy (non-hydrogen) atoms. The van der Waals surface area contributed by atoms with Crippen molar-refractivity contribution in [1.29, 1.82) is 0 Å². The van der Waals surface area contributed by atoms with Gasteiger partial charge in [-0.15, -0.1) is 0 Å². The average Bonchev–Trinajstić information content (AvgIpc) is 2.56. The fourth-order valence-corrected chi connectivity index (χ4v) is 2.29. The van der Waals surface area contributed by atoms with Crippen molar-refractivity contribution in [2.75, 3.05) is 7.05 Å². The molecule has 0 spiro atoms. The molecule has 1 fully saturated rings. The van der Waals surface area contributed by atoms with Crippen molar-refractivity contribution >= 4 is 18.5 Å². The quantitative estimate of drug-likeness (QED) is 0.835. The summed E-state index contributed by atoms with van der Waals surface area (Å²) in [5, 5.41) is 2.66. The van der Waals surface area contributed by atoms with Gasteiger partial charge < -0.3 is 14.6 Å². The highest BCUT2D eigenvalue weighted by Gasteiger charge is 2.52. The Balaban J connectivity index is 2.47. The summed E-state index contributed by atoms with van der Waals surface area (Å²) in [4.78, 5) is 12.0. The predicted molar refractivity (Wildman–Crippen MR) is 80.3 cm³/mol. The summed E-state index contributed by atoms with van der Waals surface area (Å²) in [6, 6.07) is 5.63. The highest BCUT2D eigenvalue weighted by Crippen LogP contribution is 2.36. The zero-order valence-electron chi connectivity index (χ0n) is 13.0. The van der Waals surface area contributed by atoms with Crippen LogP contribution in [0.25, 0.3) is 0 Å². The summed E-state index contributed by atoms with van der Waals surface area (Å²) in [6.07, 6.45) is 0. The van der Waals surface area contributed by atoms with Gasteiger partial charge in [0.2, 0.25) is 0 Å². The van der Waals surface area contributed by atoms with Crippen LogP contribution in [0.3, 0.4) is 0 Å². The highest BCUT2D eigenvalue weighted by molar-refractivity contribution is 6.64. The fourth-order valence-electron chi connectivity index (χ4n) is 2.29. The molecule has 1 aliphatic heterocycles. The predicted octanol–water partition coefficient (Wildman–Crippen LogP) is 1.65. The van der Waals surface area contributed by atoms with E-state index in [0.717, 1.165) is 11.0 Å². The minimum Gasteiger partial charge on any atom is -0.399 e. The number of aryl methyl sites for hydroxylation is 1. The van der Waals surface area contributed by atoms with Gasteiger partial charge in [0.1, 0.15) is 0 Å². The normalized spacial score (nSPS) is 20.0. The van der Waals surface area contributed by atoms with Crippen LogP contribution in [-0.4, -0.2) is 31.3 Å². The summed E-state index contributed by atoms with van der Waals surface area (Å²) in [6.45, 7) is 9.98. The average molecular weight is 275 g/mol. The first-order valence-electron chi connectivity index (χ1n) is 6.87. The van der Waals surface area contributed by atoms with Gasteiger partial charge in [-0.2, -0.15) is 0 Å². The molecule has 1 heterocycles. The van der Waals surface area contributed by atoms with Crippen molar-refractivity contribution in [3.8, 4) is 0 Å². The van der Waals surface area contributed by atoms with Crippen LogP contribution in [0.15, 0.2) is 18.2 Å². The Labute approximate surface area is 121 Å². The maximum Gasteiger partial charge on any atom is 0.495 e. The van der Waals surface area contributed by atoms with Crippen LogP contribution in [-0.2, 0) is 9.31 Å². The molecule has 1 aliphatic rings. The van der Waals surface area contributed by atoms with Gasteiger partial charge in [-0.1, -0.05) is 17.7 Å². The molecule has 1 aromatic rings. The molecule has 0 unspecified atom stereocenters.